The molecular weight excluding hydrogens is 241 g/mol. The summed E-state index contributed by atoms with van der Waals surface area (Å²) in [5.74, 6) is 0.281. The minimum absolute atomic E-state index is 0.0924. The monoisotopic (exact) mass is 261 g/mol. The van der Waals surface area contributed by atoms with Gasteiger partial charge in [0.25, 0.3) is 0 Å². The van der Waals surface area contributed by atoms with E-state index in [1.165, 1.54) is 12.5 Å². The molecule has 1 aliphatic heterocycles. The van der Waals surface area contributed by atoms with E-state index in [0.29, 0.717) is 12.5 Å². The predicted molar refractivity (Wildman–Crippen MR) is 75.7 cm³/mol. The van der Waals surface area contributed by atoms with E-state index in [2.05, 4.69) is 23.7 Å². The molecule has 3 rings (SSSR count). The second-order valence-corrected chi connectivity index (χ2v) is 6.26. The zero-order valence-electron chi connectivity index (χ0n) is 11.5. The van der Waals surface area contributed by atoms with Crippen LogP contribution in [-0.4, -0.2) is 18.0 Å². The maximum absolute atomic E-state index is 13.5. The largest absolute Gasteiger partial charge is 0.369 e. The van der Waals surface area contributed by atoms with Gasteiger partial charge in [-0.15, -0.1) is 0 Å². The van der Waals surface area contributed by atoms with Gasteiger partial charge >= 0.3 is 0 Å². The number of nitrogens with zero attached hydrogens (tertiary/aromatic N) is 2. The number of aliphatic imine (C=N–C) groups is 1. The highest BCUT2D eigenvalue weighted by molar-refractivity contribution is 5.98. The summed E-state index contributed by atoms with van der Waals surface area (Å²) in [7, 11) is 0. The van der Waals surface area contributed by atoms with E-state index in [9.17, 15) is 4.39 Å². The molecule has 0 saturated heterocycles. The van der Waals surface area contributed by atoms with Gasteiger partial charge in [0.2, 0.25) is 0 Å². The highest BCUT2D eigenvalue weighted by Gasteiger charge is 2.56. The van der Waals surface area contributed by atoms with E-state index in [4.69, 9.17) is 5.73 Å². The fourth-order valence-corrected chi connectivity index (χ4v) is 3.67. The summed E-state index contributed by atoms with van der Waals surface area (Å²) in [6.07, 6.45) is 3.38. The SMILES string of the molecule is CC1(C)CCCC12CN=C(N)N2c1cccc(F)c1. The van der Waals surface area contributed by atoms with Crippen LogP contribution in [0.25, 0.3) is 0 Å². The summed E-state index contributed by atoms with van der Waals surface area (Å²) < 4.78 is 13.5. The number of guanidine groups is 1. The standard InChI is InChI=1S/C15H20FN3/c1-14(2)7-4-8-15(14)10-18-13(17)19(15)12-6-3-5-11(16)9-12/h3,5-6,9H,4,7-8,10H2,1-2H3,(H2,17,18). The lowest BCUT2D eigenvalue weighted by atomic mass is 9.74. The lowest BCUT2D eigenvalue weighted by molar-refractivity contribution is 0.227. The lowest BCUT2D eigenvalue weighted by Gasteiger charge is -2.45. The summed E-state index contributed by atoms with van der Waals surface area (Å²) >= 11 is 0. The molecule has 1 saturated carbocycles. The molecule has 1 unspecified atom stereocenters. The van der Waals surface area contributed by atoms with Crippen molar-refractivity contribution in [3.63, 3.8) is 0 Å². The first-order chi connectivity index (χ1) is 8.96. The maximum atomic E-state index is 13.5. The Labute approximate surface area is 113 Å². The Morgan fingerprint density at radius 1 is 1.32 bits per heavy atom. The predicted octanol–water partition coefficient (Wildman–Crippen LogP) is 2.91. The van der Waals surface area contributed by atoms with Crippen LogP contribution in [0.3, 0.4) is 0 Å². The van der Waals surface area contributed by atoms with Crippen molar-refractivity contribution in [3.8, 4) is 0 Å². The molecule has 102 valence electrons. The minimum Gasteiger partial charge on any atom is -0.369 e. The first-order valence-electron chi connectivity index (χ1n) is 6.82. The van der Waals surface area contributed by atoms with Crippen LogP contribution >= 0.6 is 0 Å². The Bertz CT molecular complexity index is 538. The molecule has 1 aromatic carbocycles. The van der Waals surface area contributed by atoms with Crippen molar-refractivity contribution < 1.29 is 4.39 Å². The molecule has 1 aromatic rings. The molecule has 2 N–H and O–H groups in total. The van der Waals surface area contributed by atoms with Crippen molar-refractivity contribution in [1.29, 1.82) is 0 Å². The minimum atomic E-state index is -0.233. The normalized spacial score (nSPS) is 29.0. The van der Waals surface area contributed by atoms with Crippen LogP contribution in [0.2, 0.25) is 0 Å². The third-order valence-electron chi connectivity index (χ3n) is 4.88. The molecular formula is C15H20FN3. The van der Waals surface area contributed by atoms with Gasteiger partial charge in [0.15, 0.2) is 5.96 Å². The summed E-state index contributed by atoms with van der Waals surface area (Å²) in [4.78, 5) is 6.51. The third kappa shape index (κ3) is 1.66. The number of hydrogen-bond donors (Lipinski definition) is 1. The number of hydrogen-bond acceptors (Lipinski definition) is 3. The molecule has 2 aliphatic rings. The van der Waals surface area contributed by atoms with Crippen molar-refractivity contribution in [3.05, 3.63) is 30.1 Å². The van der Waals surface area contributed by atoms with Gasteiger partial charge in [0.05, 0.1) is 12.1 Å². The smallest absolute Gasteiger partial charge is 0.196 e. The van der Waals surface area contributed by atoms with Gasteiger partial charge in [-0.3, -0.25) is 4.99 Å². The van der Waals surface area contributed by atoms with Crippen LogP contribution in [0.5, 0.6) is 0 Å². The van der Waals surface area contributed by atoms with Crippen LogP contribution in [0, 0.1) is 11.2 Å². The Morgan fingerprint density at radius 2 is 2.11 bits per heavy atom. The molecule has 1 spiro atoms. The molecule has 0 radical (unpaired) electrons. The van der Waals surface area contributed by atoms with E-state index in [1.807, 2.05) is 6.07 Å². The van der Waals surface area contributed by atoms with E-state index in [1.54, 1.807) is 12.1 Å². The Morgan fingerprint density at radius 3 is 2.74 bits per heavy atom. The average Bonchev–Trinajstić information content (AvgIpc) is 2.82. The van der Waals surface area contributed by atoms with Crippen LogP contribution in [0.1, 0.15) is 33.1 Å². The van der Waals surface area contributed by atoms with E-state index in [-0.39, 0.29) is 16.8 Å². The topological polar surface area (TPSA) is 41.6 Å². The Balaban J connectivity index is 2.09. The van der Waals surface area contributed by atoms with Gasteiger partial charge in [-0.25, -0.2) is 4.39 Å². The Kier molecular flexibility index (Phi) is 2.59. The molecule has 0 bridgehead atoms. The molecule has 1 aliphatic carbocycles. The second kappa shape index (κ2) is 3.95. The number of rotatable bonds is 1. The van der Waals surface area contributed by atoms with Crippen molar-refractivity contribution in [1.82, 2.24) is 0 Å². The zero-order chi connectivity index (χ0) is 13.7. The molecule has 4 heteroatoms. The summed E-state index contributed by atoms with van der Waals surface area (Å²) in [6.45, 7) is 5.24. The van der Waals surface area contributed by atoms with Gasteiger partial charge in [-0.05, 0) is 36.5 Å². The second-order valence-electron chi connectivity index (χ2n) is 6.26. The molecule has 19 heavy (non-hydrogen) atoms. The van der Waals surface area contributed by atoms with E-state index >= 15 is 0 Å². The number of halogens is 1. The first-order valence-corrected chi connectivity index (χ1v) is 6.82. The lowest BCUT2D eigenvalue weighted by Crippen LogP contribution is -2.57. The molecule has 1 heterocycles. The van der Waals surface area contributed by atoms with Gasteiger partial charge in [-0.1, -0.05) is 26.3 Å². The highest BCUT2D eigenvalue weighted by Crippen LogP contribution is 2.52. The number of benzene rings is 1. The fourth-order valence-electron chi connectivity index (χ4n) is 3.67. The van der Waals surface area contributed by atoms with Gasteiger partial charge < -0.3 is 10.6 Å². The fraction of sp³-hybridized carbons (Fsp3) is 0.533. The molecule has 0 aromatic heterocycles. The number of nitrogens with two attached hydrogens (primary N) is 1. The van der Waals surface area contributed by atoms with Gasteiger partial charge in [0, 0.05) is 5.69 Å². The molecule has 0 amide bonds. The van der Waals surface area contributed by atoms with Crippen LogP contribution in [-0.2, 0) is 0 Å². The quantitative estimate of drug-likeness (QED) is 0.844. The molecule has 3 nitrogen and oxygen atoms in total. The molecule has 1 atom stereocenters. The van der Waals surface area contributed by atoms with Crippen molar-refractivity contribution in [2.75, 3.05) is 11.4 Å². The maximum Gasteiger partial charge on any atom is 0.196 e. The summed E-state index contributed by atoms with van der Waals surface area (Å²) in [5, 5.41) is 0. The van der Waals surface area contributed by atoms with Crippen molar-refractivity contribution in [2.45, 2.75) is 38.6 Å². The van der Waals surface area contributed by atoms with Crippen molar-refractivity contribution >= 4 is 11.6 Å². The van der Waals surface area contributed by atoms with Crippen LogP contribution < -0.4 is 10.6 Å². The highest BCUT2D eigenvalue weighted by atomic mass is 19.1. The van der Waals surface area contributed by atoms with Gasteiger partial charge in [0.1, 0.15) is 5.82 Å². The van der Waals surface area contributed by atoms with E-state index in [0.717, 1.165) is 18.5 Å². The Hall–Kier alpha value is -1.58. The number of anilines is 1. The third-order valence-corrected chi connectivity index (χ3v) is 4.88. The van der Waals surface area contributed by atoms with E-state index < -0.39 is 0 Å². The van der Waals surface area contributed by atoms with Crippen molar-refractivity contribution in [2.24, 2.45) is 16.1 Å². The summed E-state index contributed by atoms with van der Waals surface area (Å²) in [5.41, 5.74) is 6.94. The summed E-state index contributed by atoms with van der Waals surface area (Å²) in [6, 6.07) is 6.64. The first kappa shape index (κ1) is 12.5. The average molecular weight is 261 g/mol. The van der Waals surface area contributed by atoms with Gasteiger partial charge in [-0.2, -0.15) is 0 Å². The zero-order valence-corrected chi connectivity index (χ0v) is 11.5. The van der Waals surface area contributed by atoms with Crippen LogP contribution in [0.4, 0.5) is 10.1 Å². The molecule has 1 fully saturated rings. The van der Waals surface area contributed by atoms with Crippen LogP contribution in [0.15, 0.2) is 29.3 Å².